The van der Waals surface area contributed by atoms with Crippen molar-refractivity contribution >= 4 is 5.97 Å². The van der Waals surface area contributed by atoms with E-state index in [2.05, 4.69) is 19.1 Å². The molecule has 1 aliphatic rings. The number of rotatable bonds is 4. The van der Waals surface area contributed by atoms with E-state index in [9.17, 15) is 4.79 Å². The van der Waals surface area contributed by atoms with E-state index in [-0.39, 0.29) is 11.9 Å². The average Bonchev–Trinajstić information content (AvgIpc) is 2.30. The molecule has 0 radical (unpaired) electrons. The minimum Gasteiger partial charge on any atom is -0.466 e. The maximum atomic E-state index is 11.8. The smallest absolute Gasteiger partial charge is 0.309 e. The zero-order valence-electron chi connectivity index (χ0n) is 10.6. The van der Waals surface area contributed by atoms with Crippen molar-refractivity contribution in [2.24, 2.45) is 11.8 Å². The lowest BCUT2D eigenvalue weighted by atomic mass is 9.61. The highest BCUT2D eigenvalue weighted by Crippen LogP contribution is 2.49. The number of hydrogen-bond acceptors (Lipinski definition) is 2. The number of benzene rings is 1. The van der Waals surface area contributed by atoms with Crippen LogP contribution in [-0.2, 0) is 9.53 Å². The summed E-state index contributed by atoms with van der Waals surface area (Å²) in [5.41, 5.74) is 1.28. The van der Waals surface area contributed by atoms with Crippen molar-refractivity contribution in [3.63, 3.8) is 0 Å². The van der Waals surface area contributed by atoms with Gasteiger partial charge in [-0.2, -0.15) is 0 Å². The summed E-state index contributed by atoms with van der Waals surface area (Å²) in [6.07, 6.45) is 2.12. The first-order valence-corrected chi connectivity index (χ1v) is 6.49. The summed E-state index contributed by atoms with van der Waals surface area (Å²) in [7, 11) is 0. The maximum absolute atomic E-state index is 11.8. The molecular formula is C15H20O2. The molecule has 3 atom stereocenters. The first kappa shape index (κ1) is 12.2. The Morgan fingerprint density at radius 3 is 2.59 bits per heavy atom. The standard InChI is InChI=1S/C15H20O2/c1-3-11-10-13(15(16)17-4-2)14(11)12-8-6-5-7-9-12/h5-9,11,13-14H,3-4,10H2,1-2H3/t11-,13-,14?/m0/s1. The molecule has 0 N–H and O–H groups in total. The molecule has 92 valence electrons. The second-order valence-corrected chi connectivity index (χ2v) is 4.70. The minimum atomic E-state index is -0.0222. The van der Waals surface area contributed by atoms with Crippen LogP contribution in [0.4, 0.5) is 0 Å². The number of ether oxygens (including phenoxy) is 1. The van der Waals surface area contributed by atoms with Crippen LogP contribution in [0.15, 0.2) is 30.3 Å². The minimum absolute atomic E-state index is 0.0222. The van der Waals surface area contributed by atoms with E-state index in [1.54, 1.807) is 0 Å². The highest BCUT2D eigenvalue weighted by Gasteiger charge is 2.45. The van der Waals surface area contributed by atoms with E-state index in [1.807, 2.05) is 25.1 Å². The molecule has 0 amide bonds. The lowest BCUT2D eigenvalue weighted by Gasteiger charge is -2.43. The van der Waals surface area contributed by atoms with Crippen LogP contribution >= 0.6 is 0 Å². The van der Waals surface area contributed by atoms with Crippen LogP contribution in [0.25, 0.3) is 0 Å². The SMILES string of the molecule is CCOC(=O)[C@H]1C[C@H](CC)C1c1ccccc1. The van der Waals surface area contributed by atoms with Crippen LogP contribution in [0, 0.1) is 11.8 Å². The van der Waals surface area contributed by atoms with Crippen molar-refractivity contribution in [3.8, 4) is 0 Å². The van der Waals surface area contributed by atoms with Gasteiger partial charge < -0.3 is 4.74 Å². The van der Waals surface area contributed by atoms with E-state index in [0.717, 1.165) is 12.8 Å². The van der Waals surface area contributed by atoms with Gasteiger partial charge in [0.2, 0.25) is 0 Å². The van der Waals surface area contributed by atoms with E-state index in [1.165, 1.54) is 5.56 Å². The molecule has 1 saturated carbocycles. The van der Waals surface area contributed by atoms with Crippen molar-refractivity contribution in [2.75, 3.05) is 6.61 Å². The molecule has 1 unspecified atom stereocenters. The van der Waals surface area contributed by atoms with Gasteiger partial charge in [-0.25, -0.2) is 0 Å². The number of esters is 1. The third-order valence-electron chi connectivity index (χ3n) is 3.80. The first-order chi connectivity index (χ1) is 8.27. The van der Waals surface area contributed by atoms with Crippen molar-refractivity contribution in [3.05, 3.63) is 35.9 Å². The summed E-state index contributed by atoms with van der Waals surface area (Å²) < 4.78 is 5.15. The van der Waals surface area contributed by atoms with Gasteiger partial charge in [0, 0.05) is 5.92 Å². The van der Waals surface area contributed by atoms with Gasteiger partial charge in [0.15, 0.2) is 0 Å². The molecule has 0 aliphatic heterocycles. The summed E-state index contributed by atoms with van der Waals surface area (Å²) in [5.74, 6) is 1.04. The highest BCUT2D eigenvalue weighted by atomic mass is 16.5. The molecule has 0 bridgehead atoms. The predicted molar refractivity (Wildman–Crippen MR) is 67.7 cm³/mol. The van der Waals surface area contributed by atoms with Crippen molar-refractivity contribution in [1.29, 1.82) is 0 Å². The van der Waals surface area contributed by atoms with E-state index in [4.69, 9.17) is 4.74 Å². The van der Waals surface area contributed by atoms with Crippen molar-refractivity contribution in [1.82, 2.24) is 0 Å². The van der Waals surface area contributed by atoms with E-state index in [0.29, 0.717) is 18.4 Å². The molecule has 1 aliphatic carbocycles. The first-order valence-electron chi connectivity index (χ1n) is 6.49. The summed E-state index contributed by atoms with van der Waals surface area (Å²) in [6.45, 7) is 4.54. The number of hydrogen-bond donors (Lipinski definition) is 0. The van der Waals surface area contributed by atoms with Gasteiger partial charge in [-0.15, -0.1) is 0 Å². The molecule has 0 heterocycles. The van der Waals surface area contributed by atoms with Gasteiger partial charge >= 0.3 is 5.97 Å². The molecule has 0 spiro atoms. The zero-order chi connectivity index (χ0) is 12.3. The number of carbonyl (C=O) groups is 1. The van der Waals surface area contributed by atoms with Crippen LogP contribution in [0.5, 0.6) is 0 Å². The Kier molecular flexibility index (Phi) is 3.82. The largest absolute Gasteiger partial charge is 0.466 e. The van der Waals surface area contributed by atoms with Crippen molar-refractivity contribution in [2.45, 2.75) is 32.6 Å². The fourth-order valence-corrected chi connectivity index (χ4v) is 2.84. The van der Waals surface area contributed by atoms with Gasteiger partial charge in [-0.3, -0.25) is 4.79 Å². The third-order valence-corrected chi connectivity index (χ3v) is 3.80. The monoisotopic (exact) mass is 232 g/mol. The summed E-state index contributed by atoms with van der Waals surface area (Å²) in [4.78, 5) is 11.8. The normalized spacial score (nSPS) is 27.3. The lowest BCUT2D eigenvalue weighted by Crippen LogP contribution is -2.40. The van der Waals surface area contributed by atoms with E-state index >= 15 is 0 Å². The van der Waals surface area contributed by atoms with Crippen LogP contribution in [0.3, 0.4) is 0 Å². The van der Waals surface area contributed by atoms with Crippen LogP contribution in [-0.4, -0.2) is 12.6 Å². The van der Waals surface area contributed by atoms with Crippen molar-refractivity contribution < 1.29 is 9.53 Å². The highest BCUT2D eigenvalue weighted by molar-refractivity contribution is 5.75. The fraction of sp³-hybridized carbons (Fsp3) is 0.533. The molecule has 0 aromatic heterocycles. The van der Waals surface area contributed by atoms with Gasteiger partial charge in [0.05, 0.1) is 12.5 Å². The van der Waals surface area contributed by atoms with E-state index < -0.39 is 0 Å². The average molecular weight is 232 g/mol. The molecule has 2 nitrogen and oxygen atoms in total. The van der Waals surface area contributed by atoms with Gasteiger partial charge in [0.25, 0.3) is 0 Å². The van der Waals surface area contributed by atoms with Crippen LogP contribution in [0.2, 0.25) is 0 Å². The van der Waals surface area contributed by atoms with Crippen LogP contribution < -0.4 is 0 Å². The van der Waals surface area contributed by atoms with Gasteiger partial charge in [-0.05, 0) is 24.8 Å². The quantitative estimate of drug-likeness (QED) is 0.744. The summed E-state index contributed by atoms with van der Waals surface area (Å²) >= 11 is 0. The van der Waals surface area contributed by atoms with Crippen LogP contribution in [0.1, 0.15) is 38.2 Å². The predicted octanol–water partition coefficient (Wildman–Crippen LogP) is 3.38. The summed E-state index contributed by atoms with van der Waals surface area (Å²) in [6, 6.07) is 10.4. The Hall–Kier alpha value is -1.31. The molecule has 1 aromatic rings. The molecule has 1 aromatic carbocycles. The topological polar surface area (TPSA) is 26.3 Å². The molecule has 1 fully saturated rings. The molecular weight excluding hydrogens is 212 g/mol. The second kappa shape index (κ2) is 5.35. The Morgan fingerprint density at radius 1 is 1.29 bits per heavy atom. The second-order valence-electron chi connectivity index (χ2n) is 4.70. The maximum Gasteiger partial charge on any atom is 0.309 e. The Balaban J connectivity index is 2.13. The van der Waals surface area contributed by atoms with Gasteiger partial charge in [-0.1, -0.05) is 43.7 Å². The third kappa shape index (κ3) is 2.36. The Labute approximate surface area is 103 Å². The lowest BCUT2D eigenvalue weighted by molar-refractivity contribution is -0.154. The summed E-state index contributed by atoms with van der Waals surface area (Å²) in [5, 5.41) is 0. The Morgan fingerprint density at radius 2 is 2.00 bits per heavy atom. The molecule has 17 heavy (non-hydrogen) atoms. The molecule has 2 rings (SSSR count). The fourth-order valence-electron chi connectivity index (χ4n) is 2.84. The Bertz CT molecular complexity index is 372. The molecule has 0 saturated heterocycles. The molecule has 2 heteroatoms. The number of carbonyl (C=O) groups excluding carboxylic acids is 1. The van der Waals surface area contributed by atoms with Gasteiger partial charge in [0.1, 0.15) is 0 Å². The zero-order valence-corrected chi connectivity index (χ0v) is 10.6.